The lowest BCUT2D eigenvalue weighted by atomic mass is 10.3. The number of imidazole rings is 1. The first-order chi connectivity index (χ1) is 13.1. The Balaban J connectivity index is 2.03. The van der Waals surface area contributed by atoms with Gasteiger partial charge in [0.25, 0.3) is 0 Å². The number of nitrogens with zero attached hydrogens (tertiary/aromatic N) is 4. The normalized spacial score (nSPS) is 16.9. The predicted molar refractivity (Wildman–Crippen MR) is 113 cm³/mol. The minimum Gasteiger partial charge on any atom is -0.385 e. The predicted octanol–water partition coefficient (Wildman–Crippen LogP) is 1.03. The smallest absolute Gasteiger partial charge is 0.106 e. The standard InChI is InChI=1S/C21H37N5O/c1-5-10-25(11-6-2)21(22)9-8-20-18(3)26(19(4)23-20)13-7-12-24-14-16-27-17-15-24/h8-9H,3,5-7,10-17,22H2,1-2,4H3/b20-8+,21-9+. The van der Waals surface area contributed by atoms with E-state index in [-0.39, 0.29) is 0 Å². The molecule has 0 aliphatic carbocycles. The highest BCUT2D eigenvalue weighted by atomic mass is 16.5. The zero-order valence-corrected chi connectivity index (χ0v) is 17.4. The molecule has 6 nitrogen and oxygen atoms in total. The van der Waals surface area contributed by atoms with Gasteiger partial charge in [0, 0.05) is 39.3 Å². The molecule has 27 heavy (non-hydrogen) atoms. The first kappa shape index (κ1) is 21.5. The molecule has 0 saturated carbocycles. The van der Waals surface area contributed by atoms with Crippen LogP contribution in [0.5, 0.6) is 0 Å². The van der Waals surface area contributed by atoms with Crippen molar-refractivity contribution in [3.8, 4) is 0 Å². The van der Waals surface area contributed by atoms with Crippen LogP contribution in [0.25, 0.3) is 12.7 Å². The fraction of sp³-hybridized carbons (Fsp3) is 0.667. The van der Waals surface area contributed by atoms with Gasteiger partial charge >= 0.3 is 0 Å². The first-order valence-electron chi connectivity index (χ1n) is 10.3. The lowest BCUT2D eigenvalue weighted by molar-refractivity contribution is 0.0369. The van der Waals surface area contributed by atoms with Gasteiger partial charge in [0.1, 0.15) is 5.82 Å². The Labute approximate surface area is 164 Å². The SMILES string of the molecule is C=c1/c(=C\C=C(/N)N(CCC)CCC)nc(C)n1CCCN1CCOCC1. The van der Waals surface area contributed by atoms with Crippen LogP contribution in [0, 0.1) is 6.92 Å². The minimum absolute atomic E-state index is 0.803. The maximum Gasteiger partial charge on any atom is 0.106 e. The van der Waals surface area contributed by atoms with E-state index in [9.17, 15) is 0 Å². The average molecular weight is 376 g/mol. The van der Waals surface area contributed by atoms with Gasteiger partial charge in [0.05, 0.1) is 29.7 Å². The van der Waals surface area contributed by atoms with E-state index in [1.165, 1.54) is 0 Å². The molecule has 0 unspecified atom stereocenters. The monoisotopic (exact) mass is 375 g/mol. The summed E-state index contributed by atoms with van der Waals surface area (Å²) < 4.78 is 7.62. The van der Waals surface area contributed by atoms with Crippen LogP contribution < -0.4 is 16.4 Å². The van der Waals surface area contributed by atoms with Gasteiger partial charge in [-0.05, 0) is 38.3 Å². The molecular weight excluding hydrogens is 338 g/mol. The Morgan fingerprint density at radius 3 is 2.52 bits per heavy atom. The Hall–Kier alpha value is -1.79. The number of aromatic nitrogens is 2. The Morgan fingerprint density at radius 2 is 1.89 bits per heavy atom. The highest BCUT2D eigenvalue weighted by molar-refractivity contribution is 5.36. The molecule has 1 aromatic heterocycles. The van der Waals surface area contributed by atoms with Crippen molar-refractivity contribution in [1.82, 2.24) is 19.4 Å². The maximum absolute atomic E-state index is 6.28. The first-order valence-corrected chi connectivity index (χ1v) is 10.3. The molecule has 1 aliphatic rings. The van der Waals surface area contributed by atoms with Gasteiger partial charge in [-0.15, -0.1) is 0 Å². The van der Waals surface area contributed by atoms with Gasteiger partial charge in [-0.25, -0.2) is 4.98 Å². The van der Waals surface area contributed by atoms with E-state index in [1.54, 1.807) is 0 Å². The quantitative estimate of drug-likeness (QED) is 0.662. The molecule has 2 rings (SSSR count). The fourth-order valence-corrected chi connectivity index (χ4v) is 3.52. The van der Waals surface area contributed by atoms with E-state index in [1.807, 2.05) is 19.1 Å². The number of allylic oxidation sites excluding steroid dienone is 1. The molecule has 0 radical (unpaired) electrons. The van der Waals surface area contributed by atoms with E-state index < -0.39 is 0 Å². The van der Waals surface area contributed by atoms with E-state index >= 15 is 0 Å². The van der Waals surface area contributed by atoms with Crippen LogP contribution in [0.4, 0.5) is 0 Å². The van der Waals surface area contributed by atoms with Crippen LogP contribution >= 0.6 is 0 Å². The number of ether oxygens (including phenoxy) is 1. The summed E-state index contributed by atoms with van der Waals surface area (Å²) in [5.74, 6) is 1.82. The Bertz CT molecular complexity index is 697. The molecule has 152 valence electrons. The number of rotatable bonds is 10. The molecule has 2 heterocycles. The molecule has 1 aromatic rings. The number of nitrogens with two attached hydrogens (primary N) is 1. The molecule has 0 amide bonds. The van der Waals surface area contributed by atoms with Crippen molar-refractivity contribution in [3.05, 3.63) is 28.4 Å². The molecule has 6 heteroatoms. The van der Waals surface area contributed by atoms with Gasteiger partial charge in [-0.3, -0.25) is 4.90 Å². The highest BCUT2D eigenvalue weighted by Gasteiger charge is 2.10. The second-order valence-electron chi connectivity index (χ2n) is 7.20. The summed E-state index contributed by atoms with van der Waals surface area (Å²) in [5, 5.41) is 1.88. The van der Waals surface area contributed by atoms with Gasteiger partial charge in [0.2, 0.25) is 0 Å². The molecule has 2 N–H and O–H groups in total. The van der Waals surface area contributed by atoms with Crippen molar-refractivity contribution in [1.29, 1.82) is 0 Å². The molecular formula is C21H37N5O. The van der Waals surface area contributed by atoms with Gasteiger partial charge in [-0.1, -0.05) is 20.4 Å². The minimum atomic E-state index is 0.803. The number of hydrogen-bond donors (Lipinski definition) is 1. The largest absolute Gasteiger partial charge is 0.385 e. The summed E-state index contributed by atoms with van der Waals surface area (Å²) in [6, 6.07) is 0. The molecule has 0 spiro atoms. The number of morpholine rings is 1. The highest BCUT2D eigenvalue weighted by Crippen LogP contribution is 2.02. The van der Waals surface area contributed by atoms with Crippen molar-refractivity contribution in [3.63, 3.8) is 0 Å². The van der Waals surface area contributed by atoms with Crippen molar-refractivity contribution >= 4 is 12.7 Å². The molecule has 0 atom stereocenters. The topological polar surface area (TPSA) is 59.5 Å². The van der Waals surface area contributed by atoms with Crippen LogP contribution in [0.3, 0.4) is 0 Å². The van der Waals surface area contributed by atoms with Crippen molar-refractivity contribution in [2.24, 2.45) is 5.73 Å². The fourth-order valence-electron chi connectivity index (χ4n) is 3.52. The summed E-state index contributed by atoms with van der Waals surface area (Å²) in [5.41, 5.74) is 6.28. The summed E-state index contributed by atoms with van der Waals surface area (Å²) in [4.78, 5) is 9.38. The third-order valence-corrected chi connectivity index (χ3v) is 5.02. The summed E-state index contributed by atoms with van der Waals surface area (Å²) >= 11 is 0. The lowest BCUT2D eigenvalue weighted by Crippen LogP contribution is -2.37. The van der Waals surface area contributed by atoms with Gasteiger partial charge < -0.3 is 19.9 Å². The van der Waals surface area contributed by atoms with E-state index in [2.05, 4.69) is 34.8 Å². The second kappa shape index (κ2) is 11.1. The molecule has 0 aromatic carbocycles. The third kappa shape index (κ3) is 6.40. The zero-order valence-electron chi connectivity index (χ0n) is 17.4. The van der Waals surface area contributed by atoms with Crippen LogP contribution in [0.15, 0.2) is 11.9 Å². The summed E-state index contributed by atoms with van der Waals surface area (Å²) in [6.45, 7) is 18.4. The maximum atomic E-state index is 6.28. The van der Waals surface area contributed by atoms with Gasteiger partial charge in [0.15, 0.2) is 0 Å². The third-order valence-electron chi connectivity index (χ3n) is 5.02. The van der Waals surface area contributed by atoms with E-state index in [4.69, 9.17) is 15.5 Å². The van der Waals surface area contributed by atoms with Crippen molar-refractivity contribution in [2.75, 3.05) is 45.9 Å². The van der Waals surface area contributed by atoms with E-state index in [0.29, 0.717) is 0 Å². The Kier molecular flexibility index (Phi) is 8.88. The lowest BCUT2D eigenvalue weighted by Gasteiger charge is -2.26. The number of aryl methyl sites for hydroxylation is 1. The Morgan fingerprint density at radius 1 is 1.22 bits per heavy atom. The molecule has 0 bridgehead atoms. The van der Waals surface area contributed by atoms with Crippen LogP contribution in [0.1, 0.15) is 38.9 Å². The van der Waals surface area contributed by atoms with Crippen molar-refractivity contribution in [2.45, 2.75) is 46.6 Å². The zero-order chi connectivity index (χ0) is 19.6. The molecule has 1 fully saturated rings. The van der Waals surface area contributed by atoms with Gasteiger partial charge in [-0.2, -0.15) is 0 Å². The van der Waals surface area contributed by atoms with Crippen LogP contribution in [0.2, 0.25) is 0 Å². The molecule has 1 aliphatic heterocycles. The summed E-state index contributed by atoms with van der Waals surface area (Å²) in [7, 11) is 0. The summed E-state index contributed by atoms with van der Waals surface area (Å²) in [6.07, 6.45) is 7.25. The van der Waals surface area contributed by atoms with Crippen molar-refractivity contribution < 1.29 is 4.74 Å². The molecule has 1 saturated heterocycles. The van der Waals surface area contributed by atoms with Crippen LogP contribution in [-0.4, -0.2) is 65.3 Å². The van der Waals surface area contributed by atoms with Crippen LogP contribution in [-0.2, 0) is 11.3 Å². The second-order valence-corrected chi connectivity index (χ2v) is 7.20. The van der Waals surface area contributed by atoms with E-state index in [0.717, 1.165) is 94.1 Å². The number of hydrogen-bond acceptors (Lipinski definition) is 5. The average Bonchev–Trinajstić information content (AvgIpc) is 2.94.